The summed E-state index contributed by atoms with van der Waals surface area (Å²) in [7, 11) is 0. The Morgan fingerprint density at radius 2 is 1.58 bits per heavy atom. The number of likely N-dealkylation sites (tertiary alicyclic amines) is 1. The summed E-state index contributed by atoms with van der Waals surface area (Å²) in [5, 5.41) is 11.6. The summed E-state index contributed by atoms with van der Waals surface area (Å²) in [5.41, 5.74) is 1.45. The fraction of sp³-hybridized carbons (Fsp3) is 0.500. The van der Waals surface area contributed by atoms with Crippen molar-refractivity contribution in [2.75, 3.05) is 19.6 Å². The van der Waals surface area contributed by atoms with Crippen LogP contribution in [0.15, 0.2) is 60.7 Å². The largest absolute Gasteiger partial charge is 0.385 e. The summed E-state index contributed by atoms with van der Waals surface area (Å²) in [5.74, 6) is 1.85. The highest BCUT2D eigenvalue weighted by atomic mass is 16.3. The van der Waals surface area contributed by atoms with Gasteiger partial charge in [0.1, 0.15) is 0 Å². The van der Waals surface area contributed by atoms with Crippen molar-refractivity contribution in [3.05, 3.63) is 71.8 Å². The molecule has 2 aromatic carbocycles. The molecule has 2 aromatic rings. The van der Waals surface area contributed by atoms with Crippen LogP contribution in [-0.2, 0) is 12.0 Å². The molecular weight excluding hydrogens is 318 g/mol. The van der Waals surface area contributed by atoms with Gasteiger partial charge in [-0.3, -0.25) is 0 Å². The number of aliphatic hydroxyl groups is 1. The Morgan fingerprint density at radius 3 is 2.35 bits per heavy atom. The van der Waals surface area contributed by atoms with E-state index in [1.54, 1.807) is 0 Å². The van der Waals surface area contributed by atoms with Crippen LogP contribution in [0.4, 0.5) is 0 Å². The predicted octanol–water partition coefficient (Wildman–Crippen LogP) is 4.63. The Morgan fingerprint density at radius 1 is 0.885 bits per heavy atom. The third kappa shape index (κ3) is 4.19. The first-order valence-electron chi connectivity index (χ1n) is 10.3. The summed E-state index contributed by atoms with van der Waals surface area (Å²) in [6.45, 7) is 3.42. The molecule has 1 N–H and O–H groups in total. The topological polar surface area (TPSA) is 23.5 Å². The van der Waals surface area contributed by atoms with Crippen LogP contribution in [0.1, 0.15) is 43.2 Å². The highest BCUT2D eigenvalue weighted by Gasteiger charge is 2.33. The number of benzene rings is 2. The highest BCUT2D eigenvalue weighted by molar-refractivity contribution is 5.27. The molecule has 1 aliphatic carbocycles. The molecule has 1 saturated heterocycles. The zero-order valence-corrected chi connectivity index (χ0v) is 15.7. The number of rotatable bonds is 6. The fourth-order valence-corrected chi connectivity index (χ4v) is 4.99. The van der Waals surface area contributed by atoms with E-state index >= 15 is 0 Å². The van der Waals surface area contributed by atoms with E-state index in [1.165, 1.54) is 44.3 Å². The molecule has 138 valence electrons. The summed E-state index contributed by atoms with van der Waals surface area (Å²) in [6.07, 6.45) is 7.11. The van der Waals surface area contributed by atoms with Crippen molar-refractivity contribution in [2.24, 2.45) is 11.8 Å². The van der Waals surface area contributed by atoms with Gasteiger partial charge in [0.15, 0.2) is 0 Å². The van der Waals surface area contributed by atoms with Crippen molar-refractivity contribution in [2.45, 2.75) is 44.1 Å². The Balaban J connectivity index is 1.48. The molecule has 0 aromatic heterocycles. The number of hydrogen-bond donors (Lipinski definition) is 1. The molecule has 1 aliphatic heterocycles. The van der Waals surface area contributed by atoms with Crippen LogP contribution in [0.3, 0.4) is 0 Å². The van der Waals surface area contributed by atoms with E-state index in [1.807, 2.05) is 24.3 Å². The van der Waals surface area contributed by atoms with E-state index in [2.05, 4.69) is 41.3 Å². The van der Waals surface area contributed by atoms with Gasteiger partial charge in [-0.25, -0.2) is 0 Å². The Hall–Kier alpha value is -1.64. The van der Waals surface area contributed by atoms with Crippen LogP contribution in [0, 0.1) is 11.8 Å². The maximum absolute atomic E-state index is 11.6. The molecule has 2 bridgehead atoms. The zero-order valence-electron chi connectivity index (χ0n) is 15.7. The van der Waals surface area contributed by atoms with Gasteiger partial charge >= 0.3 is 0 Å². The summed E-state index contributed by atoms with van der Waals surface area (Å²) in [4.78, 5) is 2.61. The molecule has 1 saturated carbocycles. The number of hydrogen-bond acceptors (Lipinski definition) is 2. The van der Waals surface area contributed by atoms with Crippen LogP contribution in [0.5, 0.6) is 0 Å². The van der Waals surface area contributed by atoms with Crippen molar-refractivity contribution in [1.82, 2.24) is 4.90 Å². The lowest BCUT2D eigenvalue weighted by atomic mass is 9.84. The van der Waals surface area contributed by atoms with Crippen molar-refractivity contribution in [1.29, 1.82) is 0 Å². The smallest absolute Gasteiger partial charge is 0.0948 e. The van der Waals surface area contributed by atoms with Crippen LogP contribution < -0.4 is 0 Å². The first kappa shape index (κ1) is 17.8. The van der Waals surface area contributed by atoms with E-state index in [9.17, 15) is 5.11 Å². The minimum absolute atomic E-state index is 0.678. The van der Waals surface area contributed by atoms with Gasteiger partial charge < -0.3 is 10.0 Å². The molecule has 0 spiro atoms. The quantitative estimate of drug-likeness (QED) is 0.822. The second-order valence-electron chi connectivity index (χ2n) is 8.44. The van der Waals surface area contributed by atoms with Gasteiger partial charge in [0.05, 0.1) is 5.60 Å². The Bertz CT molecular complexity index is 686. The molecule has 3 unspecified atom stereocenters. The maximum Gasteiger partial charge on any atom is 0.0948 e. The zero-order chi connectivity index (χ0) is 17.8. The minimum Gasteiger partial charge on any atom is -0.385 e. The van der Waals surface area contributed by atoms with Gasteiger partial charge in [0.25, 0.3) is 0 Å². The molecule has 2 nitrogen and oxygen atoms in total. The molecule has 4 rings (SSSR count). The predicted molar refractivity (Wildman–Crippen MR) is 107 cm³/mol. The van der Waals surface area contributed by atoms with Crippen molar-refractivity contribution < 1.29 is 5.11 Å². The first-order valence-corrected chi connectivity index (χ1v) is 10.3. The standard InChI is InChI=1S/C24H31NO/c26-24(23-9-5-2-6-10-23,18-21-7-3-1-4-8-21)14-16-25-15-13-20-11-12-22(17-20)19-25/h1-10,20,22,26H,11-19H2. The molecule has 1 heterocycles. The number of nitrogens with zero attached hydrogens (tertiary/aromatic N) is 1. The normalized spacial score (nSPS) is 25.6. The van der Waals surface area contributed by atoms with Crippen LogP contribution in [0.2, 0.25) is 0 Å². The maximum atomic E-state index is 11.6. The summed E-state index contributed by atoms with van der Waals surface area (Å²) in [6, 6.07) is 20.7. The highest BCUT2D eigenvalue weighted by Crippen LogP contribution is 2.37. The molecule has 2 heteroatoms. The number of fused-ring (bicyclic) bond motifs is 2. The average Bonchev–Trinajstić information content (AvgIpc) is 3.02. The molecule has 2 aliphatic rings. The van der Waals surface area contributed by atoms with E-state index in [0.29, 0.717) is 6.42 Å². The van der Waals surface area contributed by atoms with Gasteiger partial charge in [-0.2, -0.15) is 0 Å². The molecule has 0 radical (unpaired) electrons. The van der Waals surface area contributed by atoms with Crippen molar-refractivity contribution >= 4 is 0 Å². The summed E-state index contributed by atoms with van der Waals surface area (Å²) >= 11 is 0. The van der Waals surface area contributed by atoms with E-state index < -0.39 is 5.60 Å². The van der Waals surface area contributed by atoms with E-state index in [4.69, 9.17) is 0 Å². The van der Waals surface area contributed by atoms with E-state index in [-0.39, 0.29) is 0 Å². The minimum atomic E-state index is -0.798. The molecule has 26 heavy (non-hydrogen) atoms. The fourth-order valence-electron chi connectivity index (χ4n) is 4.99. The average molecular weight is 350 g/mol. The first-order chi connectivity index (χ1) is 12.7. The van der Waals surface area contributed by atoms with Gasteiger partial charge in [-0.1, -0.05) is 67.1 Å². The second kappa shape index (κ2) is 7.94. The van der Waals surface area contributed by atoms with Crippen molar-refractivity contribution in [3.8, 4) is 0 Å². The van der Waals surface area contributed by atoms with Gasteiger partial charge in [0, 0.05) is 19.5 Å². The SMILES string of the molecule is OC(CCN1CCC2CCC(C2)C1)(Cc1ccccc1)c1ccccc1. The second-order valence-corrected chi connectivity index (χ2v) is 8.44. The van der Waals surface area contributed by atoms with Gasteiger partial charge in [-0.15, -0.1) is 0 Å². The summed E-state index contributed by atoms with van der Waals surface area (Å²) < 4.78 is 0. The van der Waals surface area contributed by atoms with Gasteiger partial charge in [-0.05, 0) is 55.2 Å². The third-order valence-corrected chi connectivity index (χ3v) is 6.51. The van der Waals surface area contributed by atoms with Gasteiger partial charge in [0.2, 0.25) is 0 Å². The molecule has 3 atom stereocenters. The molecule has 2 fully saturated rings. The Kier molecular flexibility index (Phi) is 5.42. The monoisotopic (exact) mass is 349 g/mol. The van der Waals surface area contributed by atoms with Crippen LogP contribution in [-0.4, -0.2) is 29.6 Å². The van der Waals surface area contributed by atoms with Crippen LogP contribution in [0.25, 0.3) is 0 Å². The lowest BCUT2D eigenvalue weighted by Gasteiger charge is -2.33. The van der Waals surface area contributed by atoms with Crippen molar-refractivity contribution in [3.63, 3.8) is 0 Å². The third-order valence-electron chi connectivity index (χ3n) is 6.51. The lowest BCUT2D eigenvalue weighted by Crippen LogP contribution is -2.37. The molecular formula is C24H31NO. The molecule has 0 amide bonds. The van der Waals surface area contributed by atoms with Crippen LogP contribution >= 0.6 is 0 Å². The lowest BCUT2D eigenvalue weighted by molar-refractivity contribution is 0.0160. The van der Waals surface area contributed by atoms with E-state index in [0.717, 1.165) is 30.4 Å². The Labute approximate surface area is 157 Å².